The molecule has 0 amide bonds. The highest BCUT2D eigenvalue weighted by molar-refractivity contribution is 5.62. The first-order valence-corrected chi connectivity index (χ1v) is 4.06. The van der Waals surface area contributed by atoms with Crippen molar-refractivity contribution in [1.82, 2.24) is 0 Å². The summed E-state index contributed by atoms with van der Waals surface area (Å²) in [5, 5.41) is 10.3. The van der Waals surface area contributed by atoms with Crippen LogP contribution in [0, 0.1) is 15.9 Å². The zero-order valence-electron chi connectivity index (χ0n) is 8.19. The van der Waals surface area contributed by atoms with E-state index < -0.39 is 34.2 Å². The summed E-state index contributed by atoms with van der Waals surface area (Å²) in [6, 6.07) is 1.18. The molecule has 0 spiro atoms. The van der Waals surface area contributed by atoms with Crippen LogP contribution in [-0.4, -0.2) is 17.4 Å². The van der Waals surface area contributed by atoms with Gasteiger partial charge in [0.2, 0.25) is 11.9 Å². The fourth-order valence-electron chi connectivity index (χ4n) is 1.03. The Morgan fingerprint density at radius 2 is 2.00 bits per heavy atom. The number of halogens is 4. The van der Waals surface area contributed by atoms with E-state index in [1.165, 1.54) is 0 Å². The van der Waals surface area contributed by atoms with Gasteiger partial charge in [-0.05, 0) is 6.07 Å². The van der Waals surface area contributed by atoms with Gasteiger partial charge in [0.05, 0.1) is 4.92 Å². The highest BCUT2D eigenvalue weighted by Crippen LogP contribution is 2.38. The van der Waals surface area contributed by atoms with E-state index in [-0.39, 0.29) is 0 Å². The number of nitro benzene ring substituents is 1. The normalized spacial score (nSPS) is 10.7. The molecule has 0 fully saturated rings. The van der Waals surface area contributed by atoms with Crippen LogP contribution in [0.1, 0.15) is 0 Å². The first kappa shape index (κ1) is 13.6. The van der Waals surface area contributed by atoms with Gasteiger partial charge in [0.15, 0.2) is 5.75 Å². The summed E-state index contributed by atoms with van der Waals surface area (Å²) in [4.78, 5) is 21.8. The molecule has 0 bridgehead atoms. The molecule has 18 heavy (non-hydrogen) atoms. The molecule has 0 N–H and O–H groups in total. The predicted molar refractivity (Wildman–Crippen MR) is 47.5 cm³/mol. The van der Waals surface area contributed by atoms with Crippen LogP contribution in [-0.2, 0) is 4.79 Å². The van der Waals surface area contributed by atoms with Crippen LogP contribution >= 0.6 is 0 Å². The Labute approximate surface area is 95.6 Å². The van der Waals surface area contributed by atoms with Crippen LogP contribution < -0.4 is 4.74 Å². The summed E-state index contributed by atoms with van der Waals surface area (Å²) in [5.74, 6) is -3.44. The fourth-order valence-corrected chi connectivity index (χ4v) is 1.03. The fraction of sp³-hybridized carbons (Fsp3) is 0.125. The number of nitrogens with zero attached hydrogens (tertiary/aromatic N) is 2. The summed E-state index contributed by atoms with van der Waals surface area (Å²) in [7, 11) is 0. The summed E-state index contributed by atoms with van der Waals surface area (Å²) in [5.41, 5.74) is -2.09. The van der Waals surface area contributed by atoms with Gasteiger partial charge in [-0.1, -0.05) is 0 Å². The highest BCUT2D eigenvalue weighted by Gasteiger charge is 2.36. The van der Waals surface area contributed by atoms with Gasteiger partial charge in [-0.15, -0.1) is 13.2 Å². The summed E-state index contributed by atoms with van der Waals surface area (Å²) in [6.07, 6.45) is -4.41. The quantitative estimate of drug-likeness (QED) is 0.277. The van der Waals surface area contributed by atoms with Crippen molar-refractivity contribution in [2.45, 2.75) is 6.36 Å². The second-order valence-corrected chi connectivity index (χ2v) is 2.75. The lowest BCUT2D eigenvalue weighted by Crippen LogP contribution is -2.18. The monoisotopic (exact) mass is 266 g/mol. The maximum Gasteiger partial charge on any atom is 0.573 e. The average Bonchev–Trinajstić information content (AvgIpc) is 2.21. The van der Waals surface area contributed by atoms with Crippen molar-refractivity contribution < 1.29 is 32.0 Å². The molecule has 0 aromatic heterocycles. The number of hydrogen-bond acceptors (Lipinski definition) is 5. The van der Waals surface area contributed by atoms with Crippen LogP contribution in [0.25, 0.3) is 0 Å². The minimum absolute atomic E-state index is 0.550. The lowest BCUT2D eigenvalue weighted by Gasteiger charge is -2.10. The van der Waals surface area contributed by atoms with Gasteiger partial charge in [0, 0.05) is 6.07 Å². The van der Waals surface area contributed by atoms with E-state index in [0.29, 0.717) is 12.1 Å². The van der Waals surface area contributed by atoms with E-state index >= 15 is 0 Å². The number of ether oxygens (including phenoxy) is 1. The molecule has 0 aliphatic rings. The molecule has 0 saturated heterocycles. The number of alkyl halides is 3. The Hall–Kier alpha value is -2.48. The number of aliphatic imine (C=N–C) groups is 1. The molecule has 0 aliphatic heterocycles. The topological polar surface area (TPSA) is 81.8 Å². The average molecular weight is 266 g/mol. The minimum atomic E-state index is -5.29. The van der Waals surface area contributed by atoms with E-state index in [1.807, 2.05) is 0 Å². The second-order valence-electron chi connectivity index (χ2n) is 2.75. The Balaban J connectivity index is 3.45. The van der Waals surface area contributed by atoms with E-state index in [1.54, 1.807) is 0 Å². The Morgan fingerprint density at radius 1 is 1.39 bits per heavy atom. The van der Waals surface area contributed by atoms with E-state index in [4.69, 9.17) is 0 Å². The van der Waals surface area contributed by atoms with Crippen LogP contribution in [0.5, 0.6) is 5.75 Å². The maximum atomic E-state index is 13.4. The van der Waals surface area contributed by atoms with Crippen molar-refractivity contribution in [3.8, 4) is 5.75 Å². The van der Waals surface area contributed by atoms with Crippen LogP contribution in [0.15, 0.2) is 17.1 Å². The van der Waals surface area contributed by atoms with Gasteiger partial charge in [0.1, 0.15) is 5.69 Å². The zero-order chi connectivity index (χ0) is 13.9. The number of isocyanates is 1. The predicted octanol–water partition coefficient (Wildman–Crippen LogP) is 2.60. The van der Waals surface area contributed by atoms with Crippen molar-refractivity contribution >= 4 is 17.5 Å². The number of carbonyl (C=O) groups excluding carboxylic acids is 1. The summed E-state index contributed by atoms with van der Waals surface area (Å²) >= 11 is 0. The molecule has 0 heterocycles. The molecule has 96 valence electrons. The number of nitro groups is 1. The molecule has 0 saturated carbocycles. The first-order valence-electron chi connectivity index (χ1n) is 4.06. The summed E-state index contributed by atoms with van der Waals surface area (Å²) in [6.45, 7) is 0. The molecule has 10 heteroatoms. The van der Waals surface area contributed by atoms with Crippen LogP contribution in [0.2, 0.25) is 0 Å². The highest BCUT2D eigenvalue weighted by atomic mass is 19.4. The Kier molecular flexibility index (Phi) is 3.62. The molecule has 0 atom stereocenters. The number of hydrogen-bond donors (Lipinski definition) is 0. The Bertz CT molecular complexity index is 537. The van der Waals surface area contributed by atoms with Crippen molar-refractivity contribution in [2.24, 2.45) is 4.99 Å². The molecule has 0 radical (unpaired) electrons. The maximum absolute atomic E-state index is 13.4. The lowest BCUT2D eigenvalue weighted by molar-refractivity contribution is -0.387. The molecule has 1 rings (SSSR count). The molecule has 1 aromatic rings. The van der Waals surface area contributed by atoms with Crippen LogP contribution in [0.3, 0.4) is 0 Å². The van der Waals surface area contributed by atoms with Crippen molar-refractivity contribution in [2.75, 3.05) is 0 Å². The van der Waals surface area contributed by atoms with E-state index in [9.17, 15) is 32.5 Å². The van der Waals surface area contributed by atoms with Gasteiger partial charge < -0.3 is 4.74 Å². The molecule has 1 aromatic carbocycles. The molecule has 0 aliphatic carbocycles. The second kappa shape index (κ2) is 4.80. The smallest absolute Gasteiger partial charge is 0.400 e. The van der Waals surface area contributed by atoms with Crippen molar-refractivity contribution in [3.05, 3.63) is 28.1 Å². The number of benzene rings is 1. The Morgan fingerprint density at radius 3 is 2.44 bits per heavy atom. The molecule has 0 unspecified atom stereocenters. The van der Waals surface area contributed by atoms with E-state index in [0.717, 1.165) is 6.08 Å². The van der Waals surface area contributed by atoms with Crippen molar-refractivity contribution in [1.29, 1.82) is 0 Å². The lowest BCUT2D eigenvalue weighted by atomic mass is 10.2. The SMILES string of the molecule is O=C=Nc1ccc([N+](=O)[O-])c(F)c1OC(F)(F)F. The molecular weight excluding hydrogens is 264 g/mol. The van der Waals surface area contributed by atoms with Crippen LogP contribution in [0.4, 0.5) is 28.9 Å². The third-order valence-electron chi connectivity index (χ3n) is 1.64. The molecular formula is C8H2F4N2O4. The zero-order valence-corrected chi connectivity index (χ0v) is 8.19. The van der Waals surface area contributed by atoms with Crippen molar-refractivity contribution in [3.63, 3.8) is 0 Å². The van der Waals surface area contributed by atoms with Gasteiger partial charge in [-0.3, -0.25) is 10.1 Å². The number of rotatable bonds is 3. The van der Waals surface area contributed by atoms with Gasteiger partial charge in [-0.25, -0.2) is 4.79 Å². The molecule has 6 nitrogen and oxygen atoms in total. The third kappa shape index (κ3) is 3.01. The van der Waals surface area contributed by atoms with Gasteiger partial charge in [0.25, 0.3) is 0 Å². The first-order chi connectivity index (χ1) is 8.26. The minimum Gasteiger partial charge on any atom is -0.400 e. The standard InChI is InChI=1S/C8H2F4N2O4/c9-6-5(14(16)17)2-1-4(13-3-15)7(6)18-8(10,11)12/h1-2H. The largest absolute Gasteiger partial charge is 0.573 e. The van der Waals surface area contributed by atoms with Gasteiger partial charge >= 0.3 is 12.0 Å². The third-order valence-corrected chi connectivity index (χ3v) is 1.64. The summed E-state index contributed by atoms with van der Waals surface area (Å²) < 4.78 is 52.6. The van der Waals surface area contributed by atoms with Gasteiger partial charge in [-0.2, -0.15) is 9.38 Å². The van der Waals surface area contributed by atoms with E-state index in [2.05, 4.69) is 9.73 Å².